The van der Waals surface area contributed by atoms with Crippen LogP contribution in [0.25, 0.3) is 0 Å². The lowest BCUT2D eigenvalue weighted by atomic mass is 10.2. The molecule has 0 aromatic heterocycles. The molecule has 2 rings (SSSR count). The van der Waals surface area contributed by atoms with E-state index >= 15 is 0 Å². The molecule has 0 saturated heterocycles. The molecule has 0 atom stereocenters. The Morgan fingerprint density at radius 2 is 2.04 bits per heavy atom. The Morgan fingerprint density at radius 1 is 1.33 bits per heavy atom. The van der Waals surface area contributed by atoms with Gasteiger partial charge in [0.2, 0.25) is 0 Å². The number of nitro groups is 1. The van der Waals surface area contributed by atoms with Crippen LogP contribution >= 0.6 is 23.8 Å². The molecule has 2 aromatic rings. The van der Waals surface area contributed by atoms with Crippen molar-refractivity contribution in [3.05, 3.63) is 63.2 Å². The van der Waals surface area contributed by atoms with Gasteiger partial charge in [-0.1, -0.05) is 17.7 Å². The third-order valence-corrected chi connectivity index (χ3v) is 3.41. The number of anilines is 1. The van der Waals surface area contributed by atoms with Gasteiger partial charge in [-0.05, 0) is 42.5 Å². The SMILES string of the molecule is COc1ccc(NC(=S)NN=Cc2ccc(Cl)c([N+](=O)[O-])c2)cc1. The van der Waals surface area contributed by atoms with Gasteiger partial charge in [-0.15, -0.1) is 0 Å². The van der Waals surface area contributed by atoms with E-state index in [1.165, 1.54) is 18.3 Å². The summed E-state index contributed by atoms with van der Waals surface area (Å²) in [6.07, 6.45) is 1.41. The van der Waals surface area contributed by atoms with Crippen LogP contribution in [0.1, 0.15) is 5.56 Å². The van der Waals surface area contributed by atoms with E-state index in [2.05, 4.69) is 15.8 Å². The number of nitrogens with one attached hydrogen (secondary N) is 2. The van der Waals surface area contributed by atoms with Gasteiger partial charge in [-0.3, -0.25) is 15.5 Å². The third kappa shape index (κ3) is 4.90. The Hall–Kier alpha value is -2.71. The first-order valence-electron chi connectivity index (χ1n) is 6.67. The highest BCUT2D eigenvalue weighted by atomic mass is 35.5. The smallest absolute Gasteiger partial charge is 0.288 e. The number of hydrogen-bond donors (Lipinski definition) is 2. The van der Waals surface area contributed by atoms with Gasteiger partial charge in [0.15, 0.2) is 5.11 Å². The number of hydrazone groups is 1. The van der Waals surface area contributed by atoms with Crippen molar-refractivity contribution in [2.45, 2.75) is 0 Å². The van der Waals surface area contributed by atoms with Crippen molar-refractivity contribution in [3.8, 4) is 5.75 Å². The summed E-state index contributed by atoms with van der Waals surface area (Å²) in [6, 6.07) is 11.6. The number of hydrogen-bond acceptors (Lipinski definition) is 5. The molecule has 0 saturated carbocycles. The zero-order chi connectivity index (χ0) is 17.5. The third-order valence-electron chi connectivity index (χ3n) is 2.89. The highest BCUT2D eigenvalue weighted by molar-refractivity contribution is 7.80. The molecule has 0 heterocycles. The maximum atomic E-state index is 10.8. The van der Waals surface area contributed by atoms with Crippen LogP contribution in [0.3, 0.4) is 0 Å². The summed E-state index contributed by atoms with van der Waals surface area (Å²) in [6.45, 7) is 0. The van der Waals surface area contributed by atoms with E-state index in [1.54, 1.807) is 37.4 Å². The number of rotatable bonds is 5. The number of nitrogens with zero attached hydrogens (tertiary/aromatic N) is 2. The summed E-state index contributed by atoms with van der Waals surface area (Å²) in [4.78, 5) is 10.3. The molecule has 0 fully saturated rings. The van der Waals surface area contributed by atoms with Crippen LogP contribution in [0, 0.1) is 10.1 Å². The second-order valence-corrected chi connectivity index (χ2v) is 5.34. The van der Waals surface area contributed by atoms with Crippen molar-refractivity contribution in [2.75, 3.05) is 12.4 Å². The Morgan fingerprint density at radius 3 is 2.67 bits per heavy atom. The number of benzene rings is 2. The zero-order valence-corrected chi connectivity index (χ0v) is 14.1. The molecule has 2 N–H and O–H groups in total. The summed E-state index contributed by atoms with van der Waals surface area (Å²) in [5, 5.41) is 18.0. The van der Waals surface area contributed by atoms with E-state index in [1.807, 2.05) is 0 Å². The number of ether oxygens (including phenoxy) is 1. The molecule has 0 amide bonds. The summed E-state index contributed by atoms with van der Waals surface area (Å²) in [7, 11) is 1.59. The Bertz CT molecular complexity index is 781. The minimum absolute atomic E-state index is 0.0711. The standard InChI is InChI=1S/C15H13ClN4O3S/c1-23-12-5-3-11(4-6-12)18-15(24)19-17-9-10-2-7-13(16)14(8-10)20(21)22/h2-9H,1H3,(H2,18,19,24). The van der Waals surface area contributed by atoms with E-state index in [-0.39, 0.29) is 15.8 Å². The van der Waals surface area contributed by atoms with Crippen molar-refractivity contribution < 1.29 is 9.66 Å². The first kappa shape index (κ1) is 17.6. The van der Waals surface area contributed by atoms with Crippen molar-refractivity contribution in [1.29, 1.82) is 0 Å². The second kappa shape index (κ2) is 8.23. The first-order chi connectivity index (χ1) is 11.5. The lowest BCUT2D eigenvalue weighted by molar-refractivity contribution is -0.384. The minimum Gasteiger partial charge on any atom is -0.497 e. The number of methoxy groups -OCH3 is 1. The number of halogens is 1. The molecule has 24 heavy (non-hydrogen) atoms. The van der Waals surface area contributed by atoms with Crippen molar-refractivity contribution in [3.63, 3.8) is 0 Å². The normalized spacial score (nSPS) is 10.4. The van der Waals surface area contributed by atoms with Crippen molar-refractivity contribution >= 4 is 46.5 Å². The molecule has 0 radical (unpaired) electrons. The predicted octanol–water partition coefficient (Wildman–Crippen LogP) is 3.58. The van der Waals surface area contributed by atoms with Crippen molar-refractivity contribution in [1.82, 2.24) is 5.43 Å². The van der Waals surface area contributed by atoms with Gasteiger partial charge in [0.25, 0.3) is 5.69 Å². The maximum Gasteiger partial charge on any atom is 0.288 e. The van der Waals surface area contributed by atoms with Gasteiger partial charge >= 0.3 is 0 Å². The van der Waals surface area contributed by atoms with E-state index in [0.717, 1.165) is 11.4 Å². The van der Waals surface area contributed by atoms with E-state index in [0.29, 0.717) is 5.56 Å². The highest BCUT2D eigenvalue weighted by Crippen LogP contribution is 2.24. The average molecular weight is 365 g/mol. The Kier molecular flexibility index (Phi) is 6.05. The van der Waals surface area contributed by atoms with E-state index < -0.39 is 4.92 Å². The Labute approximate surface area is 148 Å². The molecule has 0 aliphatic carbocycles. The van der Waals surface area contributed by atoms with Gasteiger partial charge in [0.05, 0.1) is 18.2 Å². The number of thiocarbonyl (C=S) groups is 1. The lowest BCUT2D eigenvalue weighted by Crippen LogP contribution is -2.23. The van der Waals surface area contributed by atoms with Gasteiger partial charge in [0.1, 0.15) is 10.8 Å². The minimum atomic E-state index is -0.553. The quantitative estimate of drug-likeness (QED) is 0.365. The maximum absolute atomic E-state index is 10.8. The summed E-state index contributed by atoms with van der Waals surface area (Å²) in [5.41, 5.74) is 3.73. The number of nitro benzene ring substituents is 1. The molecule has 124 valence electrons. The largest absolute Gasteiger partial charge is 0.497 e. The summed E-state index contributed by atoms with van der Waals surface area (Å²) in [5.74, 6) is 0.738. The molecule has 0 bridgehead atoms. The summed E-state index contributed by atoms with van der Waals surface area (Å²) < 4.78 is 5.07. The fraction of sp³-hybridized carbons (Fsp3) is 0.0667. The van der Waals surface area contributed by atoms with Crippen molar-refractivity contribution in [2.24, 2.45) is 5.10 Å². The first-order valence-corrected chi connectivity index (χ1v) is 7.46. The molecule has 0 unspecified atom stereocenters. The zero-order valence-electron chi connectivity index (χ0n) is 12.5. The van der Waals surface area contributed by atoms with Crippen LogP contribution in [0.2, 0.25) is 5.02 Å². The second-order valence-electron chi connectivity index (χ2n) is 4.52. The highest BCUT2D eigenvalue weighted by Gasteiger charge is 2.11. The van der Waals surface area contributed by atoms with Gasteiger partial charge in [-0.2, -0.15) is 5.10 Å². The summed E-state index contributed by atoms with van der Waals surface area (Å²) >= 11 is 10.9. The fourth-order valence-corrected chi connectivity index (χ4v) is 2.11. The van der Waals surface area contributed by atoms with E-state index in [9.17, 15) is 10.1 Å². The molecule has 2 aromatic carbocycles. The molecular weight excluding hydrogens is 352 g/mol. The fourth-order valence-electron chi connectivity index (χ4n) is 1.75. The Balaban J connectivity index is 1.94. The van der Waals surface area contributed by atoms with Gasteiger partial charge < -0.3 is 10.1 Å². The molecule has 9 heteroatoms. The molecule has 0 aliphatic rings. The molecule has 0 spiro atoms. The van der Waals surface area contributed by atoms with Gasteiger partial charge in [-0.25, -0.2) is 0 Å². The average Bonchev–Trinajstić information content (AvgIpc) is 2.57. The lowest BCUT2D eigenvalue weighted by Gasteiger charge is -2.07. The van der Waals surface area contributed by atoms with Gasteiger partial charge in [0, 0.05) is 17.3 Å². The van der Waals surface area contributed by atoms with Crippen LogP contribution in [0.4, 0.5) is 11.4 Å². The molecular formula is C15H13ClN4O3S. The van der Waals surface area contributed by atoms with Crippen LogP contribution in [0.5, 0.6) is 5.75 Å². The monoisotopic (exact) mass is 364 g/mol. The molecule has 7 nitrogen and oxygen atoms in total. The topological polar surface area (TPSA) is 88.8 Å². The van der Waals surface area contributed by atoms with Crippen LogP contribution in [-0.4, -0.2) is 23.4 Å². The van der Waals surface area contributed by atoms with Crippen LogP contribution in [-0.2, 0) is 0 Å². The van der Waals surface area contributed by atoms with Crippen LogP contribution < -0.4 is 15.5 Å². The van der Waals surface area contributed by atoms with Crippen LogP contribution in [0.15, 0.2) is 47.6 Å². The predicted molar refractivity (Wildman–Crippen MR) is 98.1 cm³/mol. The molecule has 0 aliphatic heterocycles. The van der Waals surface area contributed by atoms with E-state index in [4.69, 9.17) is 28.6 Å².